The Labute approximate surface area is 84.3 Å². The zero-order valence-electron chi connectivity index (χ0n) is 8.14. The Morgan fingerprint density at radius 1 is 1.20 bits per heavy atom. The van der Waals surface area contributed by atoms with Gasteiger partial charge in [0.1, 0.15) is 0 Å². The number of rotatable bonds is 2. The van der Waals surface area contributed by atoms with E-state index in [2.05, 4.69) is 0 Å². The molecule has 1 aromatic rings. The third-order valence-corrected chi connectivity index (χ3v) is 2.24. The molecule has 0 aromatic heterocycles. The van der Waals surface area contributed by atoms with E-state index in [9.17, 15) is 18.0 Å². The lowest BCUT2D eigenvalue weighted by Crippen LogP contribution is -2.29. The maximum Gasteiger partial charge on any atom is 0.313 e. The van der Waals surface area contributed by atoms with E-state index in [4.69, 9.17) is 5.11 Å². The Morgan fingerprint density at radius 2 is 1.60 bits per heavy atom. The first kappa shape index (κ1) is 11.6. The van der Waals surface area contributed by atoms with Gasteiger partial charge in [-0.25, -0.2) is 13.2 Å². The smallest absolute Gasteiger partial charge is 0.313 e. The molecule has 0 aliphatic rings. The van der Waals surface area contributed by atoms with E-state index < -0.39 is 28.8 Å². The second-order valence-corrected chi connectivity index (χ2v) is 3.68. The first-order chi connectivity index (χ1) is 6.76. The van der Waals surface area contributed by atoms with E-state index in [0.29, 0.717) is 12.1 Å². The summed E-state index contributed by atoms with van der Waals surface area (Å²) in [5.41, 5.74) is -1.58. The van der Waals surface area contributed by atoms with Gasteiger partial charge in [0.05, 0.1) is 5.41 Å². The van der Waals surface area contributed by atoms with Crippen LogP contribution in [0.15, 0.2) is 12.1 Å². The average molecular weight is 218 g/mol. The van der Waals surface area contributed by atoms with Gasteiger partial charge in [-0.15, -0.1) is 0 Å². The first-order valence-corrected chi connectivity index (χ1v) is 4.15. The lowest BCUT2D eigenvalue weighted by molar-refractivity contribution is -0.142. The van der Waals surface area contributed by atoms with Crippen LogP contribution in [0.4, 0.5) is 13.2 Å². The number of hydrogen-bond acceptors (Lipinski definition) is 1. The lowest BCUT2D eigenvalue weighted by atomic mass is 9.85. The molecule has 0 saturated heterocycles. The van der Waals surface area contributed by atoms with Crippen molar-refractivity contribution in [3.63, 3.8) is 0 Å². The summed E-state index contributed by atoms with van der Waals surface area (Å²) in [5.74, 6) is -5.62. The largest absolute Gasteiger partial charge is 0.481 e. The maximum atomic E-state index is 12.8. The van der Waals surface area contributed by atoms with E-state index in [1.807, 2.05) is 0 Å². The van der Waals surface area contributed by atoms with Crippen LogP contribution in [-0.2, 0) is 10.2 Å². The quantitative estimate of drug-likeness (QED) is 0.774. The van der Waals surface area contributed by atoms with Crippen molar-refractivity contribution < 1.29 is 23.1 Å². The summed E-state index contributed by atoms with van der Waals surface area (Å²) in [6.45, 7) is 2.56. The molecule has 1 aromatic carbocycles. The molecule has 0 fully saturated rings. The average Bonchev–Trinajstić information content (AvgIpc) is 2.13. The van der Waals surface area contributed by atoms with Gasteiger partial charge < -0.3 is 5.11 Å². The third kappa shape index (κ3) is 1.95. The van der Waals surface area contributed by atoms with Gasteiger partial charge in [-0.2, -0.15) is 0 Å². The molecule has 0 saturated carbocycles. The van der Waals surface area contributed by atoms with Gasteiger partial charge >= 0.3 is 5.97 Å². The summed E-state index contributed by atoms with van der Waals surface area (Å²) >= 11 is 0. The second-order valence-electron chi connectivity index (χ2n) is 3.68. The van der Waals surface area contributed by atoms with Gasteiger partial charge in [-0.3, -0.25) is 4.79 Å². The van der Waals surface area contributed by atoms with Crippen molar-refractivity contribution in [3.8, 4) is 0 Å². The zero-order valence-corrected chi connectivity index (χ0v) is 8.14. The van der Waals surface area contributed by atoms with Crippen LogP contribution in [0.25, 0.3) is 0 Å². The molecule has 15 heavy (non-hydrogen) atoms. The number of aliphatic carboxylic acids is 1. The molecule has 0 unspecified atom stereocenters. The monoisotopic (exact) mass is 218 g/mol. The van der Waals surface area contributed by atoms with Crippen molar-refractivity contribution in [3.05, 3.63) is 35.1 Å². The number of hydrogen-bond donors (Lipinski definition) is 1. The number of carboxylic acid groups (broad SMARTS) is 1. The molecular weight excluding hydrogens is 209 g/mol. The van der Waals surface area contributed by atoms with Crippen molar-refractivity contribution >= 4 is 5.97 Å². The van der Waals surface area contributed by atoms with E-state index in [1.165, 1.54) is 13.8 Å². The van der Waals surface area contributed by atoms with Gasteiger partial charge in [-0.05, 0) is 31.5 Å². The molecule has 0 amide bonds. The Kier molecular flexibility index (Phi) is 2.75. The highest BCUT2D eigenvalue weighted by atomic mass is 19.2. The second kappa shape index (κ2) is 3.56. The molecule has 82 valence electrons. The molecule has 0 atom stereocenters. The Balaban J connectivity index is 3.34. The number of halogens is 3. The normalized spacial score (nSPS) is 11.5. The molecule has 2 nitrogen and oxygen atoms in total. The minimum atomic E-state index is -1.60. The Morgan fingerprint density at radius 3 is 1.93 bits per heavy atom. The van der Waals surface area contributed by atoms with Crippen molar-refractivity contribution in [1.29, 1.82) is 0 Å². The van der Waals surface area contributed by atoms with Crippen molar-refractivity contribution in [2.45, 2.75) is 19.3 Å². The van der Waals surface area contributed by atoms with Crippen molar-refractivity contribution in [2.75, 3.05) is 0 Å². The molecule has 0 aliphatic heterocycles. The van der Waals surface area contributed by atoms with Gasteiger partial charge in [-0.1, -0.05) is 0 Å². The molecule has 1 N–H and O–H groups in total. The predicted octanol–water partition coefficient (Wildman–Crippen LogP) is 2.47. The predicted molar refractivity (Wildman–Crippen MR) is 47.0 cm³/mol. The summed E-state index contributed by atoms with van der Waals surface area (Å²) in [7, 11) is 0. The minimum Gasteiger partial charge on any atom is -0.481 e. The van der Waals surface area contributed by atoms with Gasteiger partial charge in [0, 0.05) is 0 Å². The van der Waals surface area contributed by atoms with Crippen LogP contribution in [-0.4, -0.2) is 11.1 Å². The highest BCUT2D eigenvalue weighted by Crippen LogP contribution is 2.26. The lowest BCUT2D eigenvalue weighted by Gasteiger charge is -2.19. The van der Waals surface area contributed by atoms with Crippen LogP contribution < -0.4 is 0 Å². The molecule has 5 heteroatoms. The van der Waals surface area contributed by atoms with Crippen LogP contribution in [0.2, 0.25) is 0 Å². The fraction of sp³-hybridized carbons (Fsp3) is 0.300. The Bertz CT molecular complexity index is 390. The molecule has 1 rings (SSSR count). The highest BCUT2D eigenvalue weighted by molar-refractivity contribution is 5.80. The molecule has 0 aliphatic carbocycles. The van der Waals surface area contributed by atoms with Crippen LogP contribution in [0, 0.1) is 17.5 Å². The summed E-state index contributed by atoms with van der Waals surface area (Å²) in [6.07, 6.45) is 0. The topological polar surface area (TPSA) is 37.3 Å². The summed E-state index contributed by atoms with van der Waals surface area (Å²) < 4.78 is 38.3. The van der Waals surface area contributed by atoms with E-state index in [0.717, 1.165) is 0 Å². The summed E-state index contributed by atoms with van der Waals surface area (Å²) in [5, 5.41) is 8.81. The Hall–Kier alpha value is -1.52. The maximum absolute atomic E-state index is 12.8. The van der Waals surface area contributed by atoms with Crippen molar-refractivity contribution in [1.82, 2.24) is 0 Å². The van der Waals surface area contributed by atoms with Crippen LogP contribution in [0.5, 0.6) is 0 Å². The fourth-order valence-corrected chi connectivity index (χ4v) is 1.04. The van der Waals surface area contributed by atoms with E-state index in [-0.39, 0.29) is 5.56 Å². The molecule has 0 heterocycles. The van der Waals surface area contributed by atoms with Gasteiger partial charge in [0.15, 0.2) is 17.5 Å². The number of carboxylic acids is 1. The SMILES string of the molecule is CC(C)(C(=O)O)c1cc(F)c(F)c(F)c1. The van der Waals surface area contributed by atoms with Crippen LogP contribution >= 0.6 is 0 Å². The summed E-state index contributed by atoms with van der Waals surface area (Å²) in [4.78, 5) is 10.8. The van der Waals surface area contributed by atoms with E-state index >= 15 is 0 Å². The molecule has 0 bridgehead atoms. The van der Waals surface area contributed by atoms with Crippen molar-refractivity contribution in [2.24, 2.45) is 0 Å². The zero-order chi connectivity index (χ0) is 11.8. The molecule has 0 radical (unpaired) electrons. The number of carbonyl (C=O) groups is 1. The summed E-state index contributed by atoms with van der Waals surface area (Å²) in [6, 6.07) is 1.37. The fourth-order valence-electron chi connectivity index (χ4n) is 1.04. The highest BCUT2D eigenvalue weighted by Gasteiger charge is 2.31. The van der Waals surface area contributed by atoms with Crippen LogP contribution in [0.3, 0.4) is 0 Å². The van der Waals surface area contributed by atoms with E-state index in [1.54, 1.807) is 0 Å². The third-order valence-electron chi connectivity index (χ3n) is 2.24. The minimum absolute atomic E-state index is 0.119. The standard InChI is InChI=1S/C10H9F3O2/c1-10(2,9(14)15)5-3-6(11)8(13)7(12)4-5/h3-4H,1-2H3,(H,14,15). The molecule has 0 spiro atoms. The van der Waals surface area contributed by atoms with Crippen LogP contribution in [0.1, 0.15) is 19.4 Å². The first-order valence-electron chi connectivity index (χ1n) is 4.15. The molecular formula is C10H9F3O2. The number of benzene rings is 1. The van der Waals surface area contributed by atoms with Gasteiger partial charge in [0.25, 0.3) is 0 Å². The van der Waals surface area contributed by atoms with Gasteiger partial charge in [0.2, 0.25) is 0 Å².